The number of aromatic nitrogens is 3. The van der Waals surface area contributed by atoms with Crippen LogP contribution in [0.1, 0.15) is 37.3 Å². The fourth-order valence-corrected chi connectivity index (χ4v) is 5.97. The minimum atomic E-state index is -4.74. The summed E-state index contributed by atoms with van der Waals surface area (Å²) in [6.45, 7) is 2.77. The zero-order chi connectivity index (χ0) is 31.8. The highest BCUT2D eigenvalue weighted by molar-refractivity contribution is 8.15. The van der Waals surface area contributed by atoms with Gasteiger partial charge in [0.1, 0.15) is 12.1 Å². The van der Waals surface area contributed by atoms with Gasteiger partial charge in [0.05, 0.1) is 17.1 Å². The van der Waals surface area contributed by atoms with Crippen molar-refractivity contribution in [1.82, 2.24) is 20.1 Å². The van der Waals surface area contributed by atoms with Crippen LogP contribution in [0.4, 0.5) is 18.9 Å². The maximum absolute atomic E-state index is 12.7. The van der Waals surface area contributed by atoms with Crippen LogP contribution in [0, 0.1) is 0 Å². The van der Waals surface area contributed by atoms with Crippen molar-refractivity contribution >= 4 is 45.9 Å². The number of benzene rings is 3. The Morgan fingerprint density at radius 1 is 1.07 bits per heavy atom. The SMILES string of the molecule is CCCc1ccccc1N1C(=O)CSC1=NC(=S)NCCCCc1cccc(-c2ncn(-c3ccc(OC(F)(F)F)cc3)n2)c1. The van der Waals surface area contributed by atoms with Gasteiger partial charge >= 0.3 is 6.36 Å². The number of aryl methyl sites for hydroxylation is 2. The van der Waals surface area contributed by atoms with Gasteiger partial charge in [-0.25, -0.2) is 9.67 Å². The summed E-state index contributed by atoms with van der Waals surface area (Å²) in [5.41, 5.74) is 4.51. The quantitative estimate of drug-likeness (QED) is 0.137. The molecule has 0 unspecified atom stereocenters. The smallest absolute Gasteiger partial charge is 0.406 e. The van der Waals surface area contributed by atoms with E-state index in [0.717, 1.165) is 54.5 Å². The lowest BCUT2D eigenvalue weighted by molar-refractivity contribution is -0.274. The number of thiocarbonyl (C=S) groups is 1. The van der Waals surface area contributed by atoms with Gasteiger partial charge in [0, 0.05) is 12.1 Å². The molecule has 3 aromatic carbocycles. The van der Waals surface area contributed by atoms with Crippen molar-refractivity contribution in [3.8, 4) is 22.8 Å². The van der Waals surface area contributed by atoms with Gasteiger partial charge in [0.15, 0.2) is 16.1 Å². The van der Waals surface area contributed by atoms with Crippen LogP contribution in [0.15, 0.2) is 84.1 Å². The number of unbranched alkanes of at least 4 members (excludes halogenated alkanes) is 1. The zero-order valence-corrected chi connectivity index (χ0v) is 26.1. The Labute approximate surface area is 268 Å². The third kappa shape index (κ3) is 8.70. The van der Waals surface area contributed by atoms with Gasteiger partial charge < -0.3 is 10.1 Å². The van der Waals surface area contributed by atoms with Gasteiger partial charge in [0.2, 0.25) is 5.91 Å². The van der Waals surface area contributed by atoms with E-state index in [2.05, 4.69) is 32.1 Å². The number of halogens is 3. The number of nitrogens with one attached hydrogen (secondary N) is 1. The van der Waals surface area contributed by atoms with Gasteiger partial charge in [-0.2, -0.15) is 4.99 Å². The molecule has 1 saturated heterocycles. The number of ether oxygens (including phenoxy) is 1. The summed E-state index contributed by atoms with van der Waals surface area (Å²) >= 11 is 6.87. The van der Waals surface area contributed by atoms with Gasteiger partial charge in [-0.05, 0) is 85.4 Å². The summed E-state index contributed by atoms with van der Waals surface area (Å²) in [6.07, 6.45) is 1.25. The summed E-state index contributed by atoms with van der Waals surface area (Å²) in [5, 5.41) is 8.65. The molecule has 1 aliphatic heterocycles. The Kier molecular flexibility index (Phi) is 10.5. The number of hydrogen-bond acceptors (Lipinski definition) is 6. The predicted molar refractivity (Wildman–Crippen MR) is 175 cm³/mol. The van der Waals surface area contributed by atoms with E-state index in [1.54, 1.807) is 4.90 Å². The lowest BCUT2D eigenvalue weighted by Gasteiger charge is -2.19. The number of para-hydroxylation sites is 1. The van der Waals surface area contributed by atoms with E-state index in [0.29, 0.717) is 34.1 Å². The van der Waals surface area contributed by atoms with Crippen molar-refractivity contribution in [1.29, 1.82) is 0 Å². The van der Waals surface area contributed by atoms with E-state index in [1.807, 2.05) is 48.5 Å². The first-order valence-corrected chi connectivity index (χ1v) is 15.9. The number of amidine groups is 1. The summed E-state index contributed by atoms with van der Waals surface area (Å²) in [4.78, 5) is 23.3. The molecule has 1 aliphatic rings. The molecule has 2 heterocycles. The molecule has 8 nitrogen and oxygen atoms in total. The number of amides is 1. The Balaban J connectivity index is 1.11. The standard InChI is InChI=1S/C32H31F3N6O2S2/c1-2-8-23-11-3-4-13-27(23)41-28(42)20-45-31(41)38-30(44)36-18-6-5-9-22-10-7-12-24(19-22)29-37-21-40(39-29)25-14-16-26(17-15-25)43-32(33,34)35/h3-4,7,10-17,19,21H,2,5-6,8-9,18,20H2,1H3,(H,36,44). The topological polar surface area (TPSA) is 84.6 Å². The van der Waals surface area contributed by atoms with Crippen LogP contribution in [0.2, 0.25) is 0 Å². The highest BCUT2D eigenvalue weighted by atomic mass is 32.2. The van der Waals surface area contributed by atoms with Crippen LogP contribution in [-0.2, 0) is 17.6 Å². The summed E-state index contributed by atoms with van der Waals surface area (Å²) < 4.78 is 42.7. The molecule has 0 aliphatic carbocycles. The Hall–Kier alpha value is -4.23. The highest BCUT2D eigenvalue weighted by Crippen LogP contribution is 2.30. The van der Waals surface area contributed by atoms with E-state index in [4.69, 9.17) is 12.2 Å². The van der Waals surface area contributed by atoms with Crippen molar-refractivity contribution in [2.45, 2.75) is 45.4 Å². The molecule has 1 amide bonds. The molecular weight excluding hydrogens is 622 g/mol. The molecule has 1 aromatic heterocycles. The van der Waals surface area contributed by atoms with Crippen molar-refractivity contribution < 1.29 is 22.7 Å². The van der Waals surface area contributed by atoms with Crippen molar-refractivity contribution in [2.75, 3.05) is 17.2 Å². The van der Waals surface area contributed by atoms with Crippen LogP contribution in [0.25, 0.3) is 17.1 Å². The van der Waals surface area contributed by atoms with Crippen molar-refractivity contribution in [3.63, 3.8) is 0 Å². The summed E-state index contributed by atoms with van der Waals surface area (Å²) in [7, 11) is 0. The van der Waals surface area contributed by atoms with Crippen LogP contribution >= 0.6 is 24.0 Å². The average molecular weight is 653 g/mol. The molecule has 13 heteroatoms. The van der Waals surface area contributed by atoms with E-state index in [9.17, 15) is 18.0 Å². The number of carbonyl (C=O) groups is 1. The fraction of sp³-hybridized carbons (Fsp3) is 0.281. The first-order valence-electron chi connectivity index (χ1n) is 14.5. The average Bonchev–Trinajstić information content (AvgIpc) is 3.64. The zero-order valence-electron chi connectivity index (χ0n) is 24.5. The number of anilines is 1. The molecule has 234 valence electrons. The molecule has 4 aromatic rings. The Morgan fingerprint density at radius 2 is 1.87 bits per heavy atom. The van der Waals surface area contributed by atoms with Gasteiger partial charge in [-0.3, -0.25) is 9.69 Å². The monoisotopic (exact) mass is 652 g/mol. The minimum Gasteiger partial charge on any atom is -0.406 e. The van der Waals surface area contributed by atoms with Crippen LogP contribution in [-0.4, -0.2) is 49.6 Å². The van der Waals surface area contributed by atoms with Crippen LogP contribution in [0.3, 0.4) is 0 Å². The van der Waals surface area contributed by atoms with E-state index >= 15 is 0 Å². The minimum absolute atomic E-state index is 0.00270. The van der Waals surface area contributed by atoms with Crippen LogP contribution < -0.4 is 15.0 Å². The fourth-order valence-electron chi connectivity index (χ4n) is 4.85. The molecule has 1 N–H and O–H groups in total. The molecular formula is C32H31F3N6O2S2. The normalized spacial score (nSPS) is 14.3. The van der Waals surface area contributed by atoms with Gasteiger partial charge in [0.25, 0.3) is 0 Å². The largest absolute Gasteiger partial charge is 0.573 e. The summed E-state index contributed by atoms with van der Waals surface area (Å²) in [5.74, 6) is 0.547. The van der Waals surface area contributed by atoms with E-state index in [1.165, 1.54) is 47.0 Å². The number of aliphatic imine (C=N–C) groups is 1. The lowest BCUT2D eigenvalue weighted by Crippen LogP contribution is -2.32. The number of alkyl halides is 3. The highest BCUT2D eigenvalue weighted by Gasteiger charge is 2.32. The molecule has 0 bridgehead atoms. The third-order valence-corrected chi connectivity index (χ3v) is 8.05. The third-order valence-electron chi connectivity index (χ3n) is 6.89. The van der Waals surface area contributed by atoms with Crippen LogP contribution in [0.5, 0.6) is 5.75 Å². The number of rotatable bonds is 11. The Morgan fingerprint density at radius 3 is 2.64 bits per heavy atom. The predicted octanol–water partition coefficient (Wildman–Crippen LogP) is 7.12. The molecule has 0 spiro atoms. The van der Waals surface area contributed by atoms with Crippen molar-refractivity contribution in [3.05, 3.63) is 90.3 Å². The van der Waals surface area contributed by atoms with E-state index < -0.39 is 6.36 Å². The second kappa shape index (κ2) is 14.7. The first-order chi connectivity index (χ1) is 21.7. The number of carbonyl (C=O) groups excluding carboxylic acids is 1. The molecule has 0 radical (unpaired) electrons. The number of nitrogens with zero attached hydrogens (tertiary/aromatic N) is 5. The number of hydrogen-bond donors (Lipinski definition) is 1. The molecule has 45 heavy (non-hydrogen) atoms. The second-order valence-corrected chi connectivity index (χ2v) is 11.6. The molecule has 0 saturated carbocycles. The molecule has 0 atom stereocenters. The number of thioether (sulfide) groups is 1. The Bertz CT molecular complexity index is 1670. The second-order valence-electron chi connectivity index (χ2n) is 10.2. The van der Waals surface area contributed by atoms with E-state index in [-0.39, 0.29) is 11.7 Å². The first kappa shape index (κ1) is 32.2. The van der Waals surface area contributed by atoms with Crippen molar-refractivity contribution in [2.24, 2.45) is 4.99 Å². The maximum Gasteiger partial charge on any atom is 0.573 e. The van der Waals surface area contributed by atoms with Gasteiger partial charge in [-0.15, -0.1) is 18.3 Å². The van der Waals surface area contributed by atoms with Gasteiger partial charge in [-0.1, -0.05) is 61.5 Å². The summed E-state index contributed by atoms with van der Waals surface area (Å²) in [6, 6.07) is 21.3. The molecule has 5 rings (SSSR count). The molecule has 1 fully saturated rings. The maximum atomic E-state index is 12.7. The lowest BCUT2D eigenvalue weighted by atomic mass is 10.0.